The number of hydrogen-bond acceptors (Lipinski definition) is 7. The Kier molecular flexibility index (Phi) is 5.83. The molecule has 1 aliphatic rings. The van der Waals surface area contributed by atoms with Gasteiger partial charge in [0.25, 0.3) is 5.56 Å². The van der Waals surface area contributed by atoms with E-state index in [0.717, 1.165) is 32.8 Å². The minimum atomic E-state index is -0.429. The van der Waals surface area contributed by atoms with Gasteiger partial charge in [-0.3, -0.25) is 9.59 Å². The lowest BCUT2D eigenvalue weighted by molar-refractivity contribution is -0.116. The summed E-state index contributed by atoms with van der Waals surface area (Å²) in [5, 5.41) is 9.47. The smallest absolute Gasteiger partial charge is 0.341 e. The Balaban J connectivity index is 1.54. The molecule has 3 aromatic rings. The summed E-state index contributed by atoms with van der Waals surface area (Å²) in [6.45, 7) is 3.77. The van der Waals surface area contributed by atoms with Crippen molar-refractivity contribution in [3.63, 3.8) is 0 Å². The Morgan fingerprint density at radius 3 is 2.73 bits per heavy atom. The van der Waals surface area contributed by atoms with Crippen LogP contribution < -0.4 is 10.9 Å². The van der Waals surface area contributed by atoms with Gasteiger partial charge >= 0.3 is 5.97 Å². The molecule has 0 aromatic carbocycles. The van der Waals surface area contributed by atoms with Gasteiger partial charge in [0.15, 0.2) is 0 Å². The second kappa shape index (κ2) is 8.53. The highest BCUT2D eigenvalue weighted by Crippen LogP contribution is 2.46. The third-order valence-electron chi connectivity index (χ3n) is 4.72. The fourth-order valence-corrected chi connectivity index (χ4v) is 5.02. The van der Waals surface area contributed by atoms with E-state index in [-0.39, 0.29) is 18.7 Å². The first-order valence-corrected chi connectivity index (χ1v) is 11.4. The van der Waals surface area contributed by atoms with Gasteiger partial charge in [-0.25, -0.2) is 9.48 Å². The van der Waals surface area contributed by atoms with Gasteiger partial charge in [0.2, 0.25) is 5.91 Å². The predicted octanol–water partition coefficient (Wildman–Crippen LogP) is 4.03. The van der Waals surface area contributed by atoms with Gasteiger partial charge in [0.1, 0.15) is 17.2 Å². The second-order valence-electron chi connectivity index (χ2n) is 7.06. The quantitative estimate of drug-likeness (QED) is 0.557. The Morgan fingerprint density at radius 1 is 1.27 bits per heavy atom. The molecule has 7 nitrogen and oxygen atoms in total. The maximum absolute atomic E-state index is 12.7. The number of carbonyl (C=O) groups excluding carboxylic acids is 2. The molecule has 0 bridgehead atoms. The number of amides is 1. The fraction of sp³-hybridized carbons (Fsp3) is 0.333. The van der Waals surface area contributed by atoms with Gasteiger partial charge in [0, 0.05) is 10.9 Å². The summed E-state index contributed by atoms with van der Waals surface area (Å²) in [7, 11) is 0. The molecule has 0 aliphatic heterocycles. The van der Waals surface area contributed by atoms with Crippen LogP contribution in [-0.4, -0.2) is 28.3 Å². The van der Waals surface area contributed by atoms with Gasteiger partial charge in [-0.15, -0.1) is 22.7 Å². The average molecular weight is 444 g/mol. The molecule has 9 heteroatoms. The average Bonchev–Trinajstić information content (AvgIpc) is 3.33. The molecule has 30 heavy (non-hydrogen) atoms. The van der Waals surface area contributed by atoms with E-state index in [1.807, 2.05) is 24.4 Å². The van der Waals surface area contributed by atoms with Crippen molar-refractivity contribution in [2.75, 3.05) is 11.9 Å². The summed E-state index contributed by atoms with van der Waals surface area (Å²) < 4.78 is 6.32. The Bertz CT molecular complexity index is 1160. The van der Waals surface area contributed by atoms with E-state index in [4.69, 9.17) is 4.74 Å². The number of anilines is 1. The summed E-state index contributed by atoms with van der Waals surface area (Å²) >= 11 is 2.88. The lowest BCUT2D eigenvalue weighted by Crippen LogP contribution is -2.29. The zero-order valence-electron chi connectivity index (χ0n) is 16.6. The van der Waals surface area contributed by atoms with Crippen molar-refractivity contribution in [3.8, 4) is 10.6 Å². The Labute approximate surface area is 181 Å². The van der Waals surface area contributed by atoms with Crippen molar-refractivity contribution in [1.82, 2.24) is 9.78 Å². The Hall–Kier alpha value is -2.78. The highest BCUT2D eigenvalue weighted by molar-refractivity contribution is 7.15. The number of carbonyl (C=O) groups is 2. The van der Waals surface area contributed by atoms with E-state index < -0.39 is 11.9 Å². The minimum Gasteiger partial charge on any atom is -0.462 e. The number of hydrogen-bond donors (Lipinski definition) is 1. The molecule has 3 heterocycles. The first-order chi connectivity index (χ1) is 14.5. The van der Waals surface area contributed by atoms with Gasteiger partial charge in [0.05, 0.1) is 17.0 Å². The van der Waals surface area contributed by atoms with Crippen molar-refractivity contribution in [2.24, 2.45) is 0 Å². The standard InChI is InChI=1S/C21H21N3O4S2/c1-3-28-21(27)19-14(13-5-6-13)11-29-20(19)22-17(25)10-24-18(26)9-7-15(23-24)16-8-4-12(2)30-16/h4,7-9,11,13H,3,5-6,10H2,1-2H3,(H,22,25). The van der Waals surface area contributed by atoms with Crippen molar-refractivity contribution in [2.45, 2.75) is 39.2 Å². The molecule has 0 unspecified atom stereocenters. The van der Waals surface area contributed by atoms with Crippen LogP contribution in [0.5, 0.6) is 0 Å². The van der Waals surface area contributed by atoms with Gasteiger partial charge in [-0.1, -0.05) is 0 Å². The zero-order chi connectivity index (χ0) is 21.3. The number of esters is 1. The number of thiophene rings is 2. The van der Waals surface area contributed by atoms with E-state index in [1.165, 1.54) is 17.4 Å². The third-order valence-corrected chi connectivity index (χ3v) is 6.66. The molecule has 0 saturated heterocycles. The van der Waals surface area contributed by atoms with Gasteiger partial charge in [-0.2, -0.15) is 5.10 Å². The third kappa shape index (κ3) is 4.36. The summed E-state index contributed by atoms with van der Waals surface area (Å²) in [6.07, 6.45) is 2.07. The number of nitrogens with one attached hydrogen (secondary N) is 1. The summed E-state index contributed by atoms with van der Waals surface area (Å²) in [5.41, 5.74) is 1.64. The fourth-order valence-electron chi connectivity index (χ4n) is 3.14. The molecular weight excluding hydrogens is 422 g/mol. The number of ether oxygens (including phenoxy) is 1. The van der Waals surface area contributed by atoms with E-state index in [0.29, 0.717) is 22.2 Å². The van der Waals surface area contributed by atoms with E-state index in [2.05, 4.69) is 10.4 Å². The molecule has 1 amide bonds. The van der Waals surface area contributed by atoms with E-state index >= 15 is 0 Å². The number of aromatic nitrogens is 2. The lowest BCUT2D eigenvalue weighted by Gasteiger charge is -2.09. The van der Waals surface area contributed by atoms with Crippen LogP contribution in [0.25, 0.3) is 10.6 Å². The van der Waals surface area contributed by atoms with Gasteiger partial charge < -0.3 is 10.1 Å². The predicted molar refractivity (Wildman–Crippen MR) is 117 cm³/mol. The van der Waals surface area contributed by atoms with Gasteiger partial charge in [-0.05, 0) is 61.7 Å². The molecule has 156 valence electrons. The Morgan fingerprint density at radius 2 is 2.07 bits per heavy atom. The van der Waals surface area contributed by atoms with Crippen LogP contribution in [0.4, 0.5) is 5.00 Å². The van der Waals surface area contributed by atoms with Crippen LogP contribution in [0.3, 0.4) is 0 Å². The van der Waals surface area contributed by atoms with E-state index in [9.17, 15) is 14.4 Å². The molecule has 1 N–H and O–H groups in total. The van der Waals surface area contributed by atoms with Crippen molar-refractivity contribution >= 4 is 39.6 Å². The molecule has 0 spiro atoms. The summed E-state index contributed by atoms with van der Waals surface area (Å²) in [5.74, 6) is -0.498. The lowest BCUT2D eigenvalue weighted by atomic mass is 10.1. The van der Waals surface area contributed by atoms with Crippen LogP contribution >= 0.6 is 22.7 Å². The summed E-state index contributed by atoms with van der Waals surface area (Å²) in [4.78, 5) is 39.4. The highest BCUT2D eigenvalue weighted by Gasteiger charge is 2.32. The monoisotopic (exact) mass is 443 g/mol. The number of nitrogens with zero attached hydrogens (tertiary/aromatic N) is 2. The normalized spacial score (nSPS) is 13.3. The molecule has 0 radical (unpaired) electrons. The molecule has 4 rings (SSSR count). The van der Waals surface area contributed by atoms with Crippen LogP contribution in [0.15, 0.2) is 34.4 Å². The second-order valence-corrected chi connectivity index (χ2v) is 9.23. The van der Waals surface area contributed by atoms with Crippen LogP contribution in [0.2, 0.25) is 0 Å². The first-order valence-electron chi connectivity index (χ1n) is 9.69. The molecule has 1 fully saturated rings. The number of rotatable bonds is 7. The summed E-state index contributed by atoms with van der Waals surface area (Å²) in [6, 6.07) is 6.98. The van der Waals surface area contributed by atoms with Crippen LogP contribution in [0.1, 0.15) is 46.5 Å². The minimum absolute atomic E-state index is 0.240. The molecule has 3 aromatic heterocycles. The largest absolute Gasteiger partial charge is 0.462 e. The van der Waals surface area contributed by atoms with Crippen LogP contribution in [0, 0.1) is 6.92 Å². The van der Waals surface area contributed by atoms with E-state index in [1.54, 1.807) is 24.3 Å². The molecule has 0 atom stereocenters. The maximum Gasteiger partial charge on any atom is 0.341 e. The van der Waals surface area contributed by atoms with Crippen molar-refractivity contribution in [3.05, 3.63) is 56.0 Å². The van der Waals surface area contributed by atoms with Crippen molar-refractivity contribution in [1.29, 1.82) is 0 Å². The molecular formula is C21H21N3O4S2. The maximum atomic E-state index is 12.7. The molecule has 1 saturated carbocycles. The first kappa shape index (κ1) is 20.5. The highest BCUT2D eigenvalue weighted by atomic mass is 32.1. The SMILES string of the molecule is CCOC(=O)c1c(C2CC2)csc1NC(=O)Cn1nc(-c2ccc(C)s2)ccc1=O. The molecule has 1 aliphatic carbocycles. The topological polar surface area (TPSA) is 90.3 Å². The van der Waals surface area contributed by atoms with Crippen LogP contribution in [-0.2, 0) is 16.1 Å². The van der Waals surface area contributed by atoms with Crippen molar-refractivity contribution < 1.29 is 14.3 Å². The number of aryl methyl sites for hydroxylation is 1. The zero-order valence-corrected chi connectivity index (χ0v) is 18.3.